The molecule has 0 saturated heterocycles. The molecule has 0 aliphatic carbocycles. The van der Waals surface area contributed by atoms with Crippen LogP contribution in [0.15, 0.2) is 0 Å². The van der Waals surface area contributed by atoms with Gasteiger partial charge in [-0.1, -0.05) is 13.8 Å². The summed E-state index contributed by atoms with van der Waals surface area (Å²) < 4.78 is 0. The number of amides is 3. The zero-order valence-electron chi connectivity index (χ0n) is 15.1. The van der Waals surface area contributed by atoms with E-state index < -0.39 is 60.8 Å². The number of aliphatic carboxylic acids is 2. The standard InChI is InChI=1S/C15H26N4O7S/c1-7(2)3-9(14(24)19-10(15(25)26)4-12(21)22)18-11(20)5-17-13(23)8(16)6-27/h7-10,27H,3-6,16H2,1-2H3,(H,17,23)(H,18,20)(H,19,24)(H,21,22)(H,25,26). The lowest BCUT2D eigenvalue weighted by molar-refractivity contribution is -0.147. The molecule has 0 fully saturated rings. The summed E-state index contributed by atoms with van der Waals surface area (Å²) in [5.74, 6) is -4.94. The van der Waals surface area contributed by atoms with Gasteiger partial charge in [-0.05, 0) is 12.3 Å². The zero-order chi connectivity index (χ0) is 21.1. The van der Waals surface area contributed by atoms with Crippen LogP contribution in [0.25, 0.3) is 0 Å². The lowest BCUT2D eigenvalue weighted by atomic mass is 10.0. The molecule has 0 heterocycles. The fourth-order valence-corrected chi connectivity index (χ4v) is 2.14. The molecule has 7 N–H and O–H groups in total. The van der Waals surface area contributed by atoms with Crippen LogP contribution in [0.1, 0.15) is 26.7 Å². The number of hydrogen-bond donors (Lipinski definition) is 7. The summed E-state index contributed by atoms with van der Waals surface area (Å²) in [6.07, 6.45) is -0.623. The van der Waals surface area contributed by atoms with Crippen LogP contribution in [0.2, 0.25) is 0 Å². The molecule has 3 amide bonds. The second-order valence-electron chi connectivity index (χ2n) is 6.25. The highest BCUT2D eigenvalue weighted by Crippen LogP contribution is 2.06. The SMILES string of the molecule is CC(C)CC(NC(=O)CNC(=O)C(N)CS)C(=O)NC(CC(=O)O)C(=O)O. The maximum atomic E-state index is 12.3. The first kappa shape index (κ1) is 24.7. The Morgan fingerprint density at radius 2 is 1.59 bits per heavy atom. The summed E-state index contributed by atoms with van der Waals surface area (Å²) in [5.41, 5.74) is 5.45. The van der Waals surface area contributed by atoms with Gasteiger partial charge in [-0.15, -0.1) is 0 Å². The lowest BCUT2D eigenvalue weighted by Gasteiger charge is -2.22. The first-order valence-corrected chi connectivity index (χ1v) is 8.79. The molecule has 0 aromatic rings. The number of carbonyl (C=O) groups is 5. The molecular formula is C15H26N4O7S. The number of carbonyl (C=O) groups excluding carboxylic acids is 3. The van der Waals surface area contributed by atoms with Gasteiger partial charge in [-0.25, -0.2) is 4.79 Å². The van der Waals surface area contributed by atoms with Gasteiger partial charge in [0.25, 0.3) is 0 Å². The molecule has 0 saturated carbocycles. The summed E-state index contributed by atoms with van der Waals surface area (Å²) in [6.45, 7) is 3.14. The Morgan fingerprint density at radius 1 is 1.00 bits per heavy atom. The lowest BCUT2D eigenvalue weighted by Crippen LogP contribution is -2.54. The van der Waals surface area contributed by atoms with Gasteiger partial charge in [0.2, 0.25) is 17.7 Å². The zero-order valence-corrected chi connectivity index (χ0v) is 16.0. The van der Waals surface area contributed by atoms with Crippen molar-refractivity contribution >= 4 is 42.3 Å². The Kier molecular flexibility index (Phi) is 11.1. The van der Waals surface area contributed by atoms with E-state index in [4.69, 9.17) is 15.9 Å². The molecule has 0 aliphatic rings. The minimum absolute atomic E-state index is 0.0315. The van der Waals surface area contributed by atoms with Crippen molar-refractivity contribution in [3.8, 4) is 0 Å². The third kappa shape index (κ3) is 10.4. The molecule has 0 aromatic carbocycles. The number of nitrogens with one attached hydrogen (secondary N) is 3. The van der Waals surface area contributed by atoms with E-state index in [0.717, 1.165) is 0 Å². The van der Waals surface area contributed by atoms with E-state index in [-0.39, 0.29) is 18.1 Å². The molecule has 0 bridgehead atoms. The Hall–Kier alpha value is -2.34. The quantitative estimate of drug-likeness (QED) is 0.180. The summed E-state index contributed by atoms with van der Waals surface area (Å²) in [6, 6.07) is -3.61. The largest absolute Gasteiger partial charge is 0.481 e. The molecule has 3 unspecified atom stereocenters. The Bertz CT molecular complexity index is 570. The van der Waals surface area contributed by atoms with Crippen molar-refractivity contribution in [2.24, 2.45) is 11.7 Å². The van der Waals surface area contributed by atoms with Gasteiger partial charge in [0, 0.05) is 5.75 Å². The number of rotatable bonds is 12. The highest BCUT2D eigenvalue weighted by Gasteiger charge is 2.28. The van der Waals surface area contributed by atoms with Crippen LogP contribution < -0.4 is 21.7 Å². The second-order valence-corrected chi connectivity index (χ2v) is 6.62. The van der Waals surface area contributed by atoms with E-state index in [2.05, 4.69) is 28.6 Å². The topological polar surface area (TPSA) is 188 Å². The van der Waals surface area contributed by atoms with Gasteiger partial charge >= 0.3 is 11.9 Å². The first-order valence-electron chi connectivity index (χ1n) is 8.16. The van der Waals surface area contributed by atoms with Gasteiger partial charge in [0.15, 0.2) is 0 Å². The molecule has 0 rings (SSSR count). The minimum atomic E-state index is -1.63. The van der Waals surface area contributed by atoms with Crippen molar-refractivity contribution in [2.45, 2.75) is 44.8 Å². The first-order chi connectivity index (χ1) is 12.5. The van der Waals surface area contributed by atoms with E-state index >= 15 is 0 Å². The van der Waals surface area contributed by atoms with Crippen molar-refractivity contribution in [2.75, 3.05) is 12.3 Å². The van der Waals surface area contributed by atoms with Crippen LogP contribution in [0.5, 0.6) is 0 Å². The van der Waals surface area contributed by atoms with Crippen LogP contribution in [0, 0.1) is 5.92 Å². The van der Waals surface area contributed by atoms with Gasteiger partial charge < -0.3 is 31.9 Å². The van der Waals surface area contributed by atoms with Gasteiger partial charge in [-0.3, -0.25) is 19.2 Å². The van der Waals surface area contributed by atoms with E-state index in [1.54, 1.807) is 13.8 Å². The average Bonchev–Trinajstić information content (AvgIpc) is 2.56. The monoisotopic (exact) mass is 406 g/mol. The number of carboxylic acids is 2. The van der Waals surface area contributed by atoms with Crippen LogP contribution in [-0.2, 0) is 24.0 Å². The fourth-order valence-electron chi connectivity index (χ4n) is 1.98. The summed E-state index contributed by atoms with van der Waals surface area (Å²) in [4.78, 5) is 57.6. The molecule has 0 spiro atoms. The molecule has 27 heavy (non-hydrogen) atoms. The molecule has 12 heteroatoms. The smallest absolute Gasteiger partial charge is 0.326 e. The van der Waals surface area contributed by atoms with Crippen molar-refractivity contribution < 1.29 is 34.2 Å². The van der Waals surface area contributed by atoms with E-state index in [1.165, 1.54) is 0 Å². The third-order valence-electron chi connectivity index (χ3n) is 3.31. The van der Waals surface area contributed by atoms with Crippen molar-refractivity contribution in [3.63, 3.8) is 0 Å². The molecule has 0 aliphatic heterocycles. The predicted molar refractivity (Wildman–Crippen MR) is 98.0 cm³/mol. The Morgan fingerprint density at radius 3 is 2.04 bits per heavy atom. The number of carboxylic acid groups (broad SMARTS) is 2. The maximum Gasteiger partial charge on any atom is 0.326 e. The summed E-state index contributed by atoms with van der Waals surface area (Å²) in [5, 5.41) is 24.5. The highest BCUT2D eigenvalue weighted by molar-refractivity contribution is 7.80. The Balaban J connectivity index is 4.92. The van der Waals surface area contributed by atoms with Crippen LogP contribution in [0.3, 0.4) is 0 Å². The number of hydrogen-bond acceptors (Lipinski definition) is 7. The summed E-state index contributed by atoms with van der Waals surface area (Å²) in [7, 11) is 0. The van der Waals surface area contributed by atoms with Crippen molar-refractivity contribution in [1.29, 1.82) is 0 Å². The molecule has 154 valence electrons. The molecular weight excluding hydrogens is 380 g/mol. The van der Waals surface area contributed by atoms with Crippen LogP contribution in [-0.4, -0.2) is 70.3 Å². The summed E-state index contributed by atoms with van der Waals surface area (Å²) >= 11 is 3.86. The fraction of sp³-hybridized carbons (Fsp3) is 0.667. The number of thiol groups is 1. The normalized spacial score (nSPS) is 14.0. The number of nitrogens with two attached hydrogens (primary N) is 1. The predicted octanol–water partition coefficient (Wildman–Crippen LogP) is -2.07. The second kappa shape index (κ2) is 12.1. The van der Waals surface area contributed by atoms with Gasteiger partial charge in [-0.2, -0.15) is 12.6 Å². The van der Waals surface area contributed by atoms with Gasteiger partial charge in [0.05, 0.1) is 19.0 Å². The van der Waals surface area contributed by atoms with E-state index in [1.807, 2.05) is 0 Å². The van der Waals surface area contributed by atoms with Crippen LogP contribution >= 0.6 is 12.6 Å². The Labute approximate surface area is 161 Å². The van der Waals surface area contributed by atoms with E-state index in [9.17, 15) is 24.0 Å². The molecule has 3 atom stereocenters. The van der Waals surface area contributed by atoms with Gasteiger partial charge in [0.1, 0.15) is 12.1 Å². The molecule has 11 nitrogen and oxygen atoms in total. The van der Waals surface area contributed by atoms with Crippen LogP contribution in [0.4, 0.5) is 0 Å². The highest BCUT2D eigenvalue weighted by atomic mass is 32.1. The minimum Gasteiger partial charge on any atom is -0.481 e. The maximum absolute atomic E-state index is 12.3. The average molecular weight is 406 g/mol. The van der Waals surface area contributed by atoms with Crippen molar-refractivity contribution in [1.82, 2.24) is 16.0 Å². The van der Waals surface area contributed by atoms with Crippen molar-refractivity contribution in [3.05, 3.63) is 0 Å². The molecule has 0 radical (unpaired) electrons. The third-order valence-corrected chi connectivity index (χ3v) is 3.70. The molecule has 0 aromatic heterocycles. The van der Waals surface area contributed by atoms with E-state index in [0.29, 0.717) is 0 Å².